The number of unbranched alkanes of at least 4 members (excludes halogenated alkanes) is 1. The second kappa shape index (κ2) is 7.31. The molecule has 0 bridgehead atoms. The molecule has 1 aromatic carbocycles. The third-order valence-electron chi connectivity index (χ3n) is 4.78. The van der Waals surface area contributed by atoms with Gasteiger partial charge >= 0.3 is 0 Å². The monoisotopic (exact) mass is 371 g/mol. The lowest BCUT2D eigenvalue weighted by atomic mass is 10.1. The molecule has 2 amide bonds. The van der Waals surface area contributed by atoms with E-state index in [-0.39, 0.29) is 18.1 Å². The van der Waals surface area contributed by atoms with E-state index in [1.807, 2.05) is 0 Å². The van der Waals surface area contributed by atoms with Crippen LogP contribution in [0.25, 0.3) is 0 Å². The summed E-state index contributed by atoms with van der Waals surface area (Å²) in [7, 11) is 0. The van der Waals surface area contributed by atoms with Crippen LogP contribution in [0, 0.1) is 6.92 Å². The van der Waals surface area contributed by atoms with Gasteiger partial charge in [-0.15, -0.1) is 11.3 Å². The summed E-state index contributed by atoms with van der Waals surface area (Å²) in [4.78, 5) is 28.5. The normalized spacial score (nSPS) is 17.3. The van der Waals surface area contributed by atoms with Crippen molar-refractivity contribution < 1.29 is 19.1 Å². The molecule has 2 aromatic rings. The highest BCUT2D eigenvalue weighted by atomic mass is 32.1. The van der Waals surface area contributed by atoms with Crippen LogP contribution in [0.5, 0.6) is 0 Å². The van der Waals surface area contributed by atoms with E-state index in [2.05, 4.69) is 13.0 Å². The fourth-order valence-electron chi connectivity index (χ4n) is 3.44. The molecular formula is C20H21NO4S. The Kier molecular flexibility index (Phi) is 4.89. The molecule has 3 heterocycles. The van der Waals surface area contributed by atoms with Crippen LogP contribution in [0.2, 0.25) is 0 Å². The summed E-state index contributed by atoms with van der Waals surface area (Å²) in [5.41, 5.74) is 2.25. The van der Waals surface area contributed by atoms with Gasteiger partial charge in [0.2, 0.25) is 0 Å². The maximum Gasteiger partial charge on any atom is 0.261 e. The summed E-state index contributed by atoms with van der Waals surface area (Å²) in [5, 5.41) is 0. The Balaban J connectivity index is 1.30. The number of carbonyl (C=O) groups excluding carboxylic acids is 2. The molecule has 2 aliphatic rings. The van der Waals surface area contributed by atoms with Crippen LogP contribution >= 0.6 is 11.3 Å². The molecule has 0 spiro atoms. The first-order valence-electron chi connectivity index (χ1n) is 8.93. The first-order valence-corrected chi connectivity index (χ1v) is 9.74. The topological polar surface area (TPSA) is 55.8 Å². The van der Waals surface area contributed by atoms with Gasteiger partial charge in [0, 0.05) is 11.4 Å². The standard InChI is InChI=1S/C20H21NO4S/c1-13-12-14(26-17(13)20-24-10-11-25-20)6-4-5-9-21-18(22)15-7-2-3-8-16(15)19(21)23/h2-3,7-8,12,20H,4-6,9-11H2,1H3. The number of hydrogen-bond donors (Lipinski definition) is 0. The van der Waals surface area contributed by atoms with Gasteiger partial charge in [0.25, 0.3) is 11.8 Å². The number of fused-ring (bicyclic) bond motifs is 1. The van der Waals surface area contributed by atoms with E-state index >= 15 is 0 Å². The Labute approximate surface area is 156 Å². The highest BCUT2D eigenvalue weighted by Crippen LogP contribution is 2.33. The number of hydrogen-bond acceptors (Lipinski definition) is 5. The molecule has 0 saturated carbocycles. The molecule has 6 heteroatoms. The van der Waals surface area contributed by atoms with Crippen molar-refractivity contribution in [3.05, 3.63) is 56.8 Å². The van der Waals surface area contributed by atoms with Crippen LogP contribution in [0.3, 0.4) is 0 Å². The van der Waals surface area contributed by atoms with E-state index in [0.29, 0.717) is 30.9 Å². The number of imide groups is 1. The zero-order chi connectivity index (χ0) is 18.1. The molecule has 1 fully saturated rings. The molecule has 2 aliphatic heterocycles. The summed E-state index contributed by atoms with van der Waals surface area (Å²) < 4.78 is 11.2. The highest BCUT2D eigenvalue weighted by molar-refractivity contribution is 7.12. The zero-order valence-electron chi connectivity index (χ0n) is 14.7. The maximum atomic E-state index is 12.3. The van der Waals surface area contributed by atoms with Gasteiger partial charge in [0.05, 0.1) is 29.2 Å². The molecule has 1 aromatic heterocycles. The van der Waals surface area contributed by atoms with Crippen molar-refractivity contribution >= 4 is 23.2 Å². The zero-order valence-corrected chi connectivity index (χ0v) is 15.5. The van der Waals surface area contributed by atoms with Crippen molar-refractivity contribution in [2.75, 3.05) is 19.8 Å². The molecule has 5 nitrogen and oxygen atoms in total. The fourth-order valence-corrected chi connectivity index (χ4v) is 4.66. The highest BCUT2D eigenvalue weighted by Gasteiger charge is 2.34. The quantitative estimate of drug-likeness (QED) is 0.574. The fraction of sp³-hybridized carbons (Fsp3) is 0.400. The van der Waals surface area contributed by atoms with E-state index in [1.54, 1.807) is 35.6 Å². The van der Waals surface area contributed by atoms with Crippen molar-refractivity contribution in [1.29, 1.82) is 0 Å². The summed E-state index contributed by atoms with van der Waals surface area (Å²) >= 11 is 1.73. The summed E-state index contributed by atoms with van der Waals surface area (Å²) in [6, 6.07) is 9.22. The first-order chi connectivity index (χ1) is 12.6. The smallest absolute Gasteiger partial charge is 0.261 e. The van der Waals surface area contributed by atoms with Crippen LogP contribution in [0.4, 0.5) is 0 Å². The van der Waals surface area contributed by atoms with Gasteiger partial charge in [0.15, 0.2) is 6.29 Å². The van der Waals surface area contributed by atoms with Crippen molar-refractivity contribution in [3.63, 3.8) is 0 Å². The number of aryl methyl sites for hydroxylation is 2. The van der Waals surface area contributed by atoms with E-state index in [1.165, 1.54) is 15.3 Å². The minimum atomic E-state index is -0.216. The minimum absolute atomic E-state index is 0.171. The predicted octanol–water partition coefficient (Wildman–Crippen LogP) is 3.72. The molecule has 0 aliphatic carbocycles. The van der Waals surface area contributed by atoms with Crippen LogP contribution in [-0.2, 0) is 15.9 Å². The van der Waals surface area contributed by atoms with E-state index < -0.39 is 0 Å². The number of nitrogens with zero attached hydrogens (tertiary/aromatic N) is 1. The largest absolute Gasteiger partial charge is 0.345 e. The minimum Gasteiger partial charge on any atom is -0.345 e. The number of benzene rings is 1. The van der Waals surface area contributed by atoms with Gasteiger partial charge in [-0.2, -0.15) is 0 Å². The van der Waals surface area contributed by atoms with Crippen molar-refractivity contribution in [1.82, 2.24) is 4.90 Å². The van der Waals surface area contributed by atoms with Gasteiger partial charge < -0.3 is 9.47 Å². The molecule has 0 radical (unpaired) electrons. The summed E-state index contributed by atoms with van der Waals surface area (Å²) in [5.74, 6) is -0.342. The van der Waals surface area contributed by atoms with Gasteiger partial charge in [-0.1, -0.05) is 12.1 Å². The average Bonchev–Trinajstić information content (AvgIpc) is 3.34. The summed E-state index contributed by atoms with van der Waals surface area (Å²) in [6.07, 6.45) is 2.45. The molecule has 0 N–H and O–H groups in total. The van der Waals surface area contributed by atoms with Crippen molar-refractivity contribution in [2.24, 2.45) is 0 Å². The second-order valence-corrected chi connectivity index (χ2v) is 7.77. The SMILES string of the molecule is Cc1cc(CCCCN2C(=O)c3ccccc3C2=O)sc1C1OCCO1. The van der Waals surface area contributed by atoms with Crippen molar-refractivity contribution in [3.8, 4) is 0 Å². The van der Waals surface area contributed by atoms with Crippen LogP contribution in [-0.4, -0.2) is 36.5 Å². The lowest BCUT2D eigenvalue weighted by molar-refractivity contribution is -0.0417. The Bertz CT molecular complexity index is 803. The number of ether oxygens (including phenoxy) is 2. The third-order valence-corrected chi connectivity index (χ3v) is 6.09. The van der Waals surface area contributed by atoms with Crippen LogP contribution in [0.1, 0.15) is 55.2 Å². The Morgan fingerprint density at radius 3 is 2.38 bits per heavy atom. The van der Waals surface area contributed by atoms with E-state index in [9.17, 15) is 9.59 Å². The van der Waals surface area contributed by atoms with Crippen LogP contribution < -0.4 is 0 Å². The van der Waals surface area contributed by atoms with Crippen LogP contribution in [0.15, 0.2) is 30.3 Å². The number of rotatable bonds is 6. The lowest BCUT2D eigenvalue weighted by Gasteiger charge is -2.13. The number of thiophene rings is 1. The lowest BCUT2D eigenvalue weighted by Crippen LogP contribution is -2.30. The molecule has 4 rings (SSSR count). The molecular weight excluding hydrogens is 350 g/mol. The molecule has 26 heavy (non-hydrogen) atoms. The van der Waals surface area contributed by atoms with Gasteiger partial charge in [-0.3, -0.25) is 14.5 Å². The first kappa shape index (κ1) is 17.4. The Hall–Kier alpha value is -2.02. The number of amides is 2. The Morgan fingerprint density at radius 2 is 1.73 bits per heavy atom. The van der Waals surface area contributed by atoms with Crippen molar-refractivity contribution in [2.45, 2.75) is 32.5 Å². The van der Waals surface area contributed by atoms with E-state index in [0.717, 1.165) is 24.1 Å². The third kappa shape index (κ3) is 3.20. The Morgan fingerprint density at radius 1 is 1.08 bits per heavy atom. The molecule has 0 unspecified atom stereocenters. The van der Waals surface area contributed by atoms with Gasteiger partial charge in [-0.05, 0) is 49.9 Å². The average molecular weight is 371 g/mol. The van der Waals surface area contributed by atoms with E-state index in [4.69, 9.17) is 9.47 Å². The molecule has 136 valence electrons. The second-order valence-electron chi connectivity index (χ2n) is 6.60. The molecule has 0 atom stereocenters. The predicted molar refractivity (Wildman–Crippen MR) is 98.4 cm³/mol. The van der Waals surface area contributed by atoms with Gasteiger partial charge in [0.1, 0.15) is 0 Å². The number of carbonyl (C=O) groups is 2. The summed E-state index contributed by atoms with van der Waals surface area (Å²) in [6.45, 7) is 3.85. The van der Waals surface area contributed by atoms with Gasteiger partial charge in [-0.25, -0.2) is 0 Å². The molecule has 1 saturated heterocycles. The maximum absolute atomic E-state index is 12.3.